The number of likely N-dealkylation sites (N-methyl/N-ethyl adjacent to an activating group) is 1. The maximum Gasteiger partial charge on any atom is 0.416 e. The van der Waals surface area contributed by atoms with E-state index in [1.165, 1.54) is 12.1 Å². The van der Waals surface area contributed by atoms with Crippen molar-refractivity contribution in [2.45, 2.75) is 38.6 Å². The van der Waals surface area contributed by atoms with Crippen LogP contribution in [0.1, 0.15) is 25.0 Å². The second-order valence-corrected chi connectivity index (χ2v) is 4.64. The number of nitrogens with zero attached hydrogens (tertiary/aromatic N) is 1. The Morgan fingerprint density at radius 2 is 2.11 bits per heavy atom. The molecule has 5 heteroatoms. The van der Waals surface area contributed by atoms with E-state index < -0.39 is 17.8 Å². The summed E-state index contributed by atoms with van der Waals surface area (Å²) in [5, 5.41) is 9.69. The van der Waals surface area contributed by atoms with Crippen LogP contribution in [0.2, 0.25) is 0 Å². The van der Waals surface area contributed by atoms with E-state index in [2.05, 4.69) is 0 Å². The van der Waals surface area contributed by atoms with Crippen LogP contribution in [0.25, 0.3) is 0 Å². The van der Waals surface area contributed by atoms with Gasteiger partial charge in [-0.25, -0.2) is 0 Å². The Morgan fingerprint density at radius 1 is 1.44 bits per heavy atom. The molecule has 1 N–H and O–H groups in total. The first-order valence-electron chi connectivity index (χ1n) is 5.99. The predicted octanol–water partition coefficient (Wildman–Crippen LogP) is 2.84. The van der Waals surface area contributed by atoms with Gasteiger partial charge in [0, 0.05) is 12.2 Å². The number of aliphatic hydroxyl groups is 1. The third kappa shape index (κ3) is 2.19. The highest BCUT2D eigenvalue weighted by Gasteiger charge is 2.36. The maximum absolute atomic E-state index is 12.7. The van der Waals surface area contributed by atoms with Crippen molar-refractivity contribution in [1.29, 1.82) is 0 Å². The molecule has 0 aromatic heterocycles. The molecule has 1 aliphatic heterocycles. The first-order valence-corrected chi connectivity index (χ1v) is 5.99. The standard InChI is InChI=1S/C13H16F3NO/c1-3-17-11(8(2)18)6-9-4-5-10(7-12(9)17)13(14,15)16/h4-5,7-8,11,18H,3,6H2,1-2H3. The monoisotopic (exact) mass is 259 g/mol. The molecule has 1 heterocycles. The van der Waals surface area contributed by atoms with Crippen LogP contribution < -0.4 is 4.90 Å². The number of fused-ring (bicyclic) bond motifs is 1. The molecule has 2 atom stereocenters. The highest BCUT2D eigenvalue weighted by molar-refractivity contribution is 5.61. The summed E-state index contributed by atoms with van der Waals surface area (Å²) < 4.78 is 38.0. The van der Waals surface area contributed by atoms with Gasteiger partial charge in [-0.3, -0.25) is 0 Å². The second kappa shape index (κ2) is 4.46. The Morgan fingerprint density at radius 3 is 2.61 bits per heavy atom. The van der Waals surface area contributed by atoms with Crippen molar-refractivity contribution < 1.29 is 18.3 Å². The van der Waals surface area contributed by atoms with Crippen molar-refractivity contribution in [2.24, 2.45) is 0 Å². The molecule has 0 saturated carbocycles. The summed E-state index contributed by atoms with van der Waals surface area (Å²) in [5.41, 5.74) is 0.833. The van der Waals surface area contributed by atoms with Crippen LogP contribution in [0.4, 0.5) is 18.9 Å². The fourth-order valence-corrected chi connectivity index (χ4v) is 2.53. The number of anilines is 1. The summed E-state index contributed by atoms with van der Waals surface area (Å²) in [6, 6.07) is 3.68. The predicted molar refractivity (Wildman–Crippen MR) is 63.6 cm³/mol. The highest BCUT2D eigenvalue weighted by atomic mass is 19.4. The summed E-state index contributed by atoms with van der Waals surface area (Å²) >= 11 is 0. The molecule has 0 bridgehead atoms. The Bertz CT molecular complexity index is 442. The van der Waals surface area contributed by atoms with Crippen molar-refractivity contribution in [1.82, 2.24) is 0 Å². The molecule has 1 aromatic rings. The molecule has 0 amide bonds. The number of hydrogen-bond donors (Lipinski definition) is 1. The molecule has 0 spiro atoms. The van der Waals surface area contributed by atoms with Gasteiger partial charge in [0.15, 0.2) is 0 Å². The Kier molecular flexibility index (Phi) is 3.27. The van der Waals surface area contributed by atoms with Gasteiger partial charge in [0.25, 0.3) is 0 Å². The van der Waals surface area contributed by atoms with E-state index in [-0.39, 0.29) is 6.04 Å². The van der Waals surface area contributed by atoms with Crippen LogP contribution in [0.5, 0.6) is 0 Å². The fourth-order valence-electron chi connectivity index (χ4n) is 2.53. The lowest BCUT2D eigenvalue weighted by atomic mass is 10.1. The molecule has 0 fully saturated rings. The van der Waals surface area contributed by atoms with Gasteiger partial charge in [0.05, 0.1) is 17.7 Å². The first-order chi connectivity index (χ1) is 8.34. The van der Waals surface area contributed by atoms with E-state index in [4.69, 9.17) is 0 Å². The minimum Gasteiger partial charge on any atom is -0.391 e. The lowest BCUT2D eigenvalue weighted by molar-refractivity contribution is -0.137. The topological polar surface area (TPSA) is 23.5 Å². The van der Waals surface area contributed by atoms with Crippen LogP contribution in [0, 0.1) is 0 Å². The average molecular weight is 259 g/mol. The van der Waals surface area contributed by atoms with Crippen LogP contribution in [0.3, 0.4) is 0 Å². The van der Waals surface area contributed by atoms with Gasteiger partial charge in [-0.05, 0) is 38.0 Å². The summed E-state index contributed by atoms with van der Waals surface area (Å²) in [5.74, 6) is 0. The van der Waals surface area contributed by atoms with Crippen molar-refractivity contribution in [2.75, 3.05) is 11.4 Å². The quantitative estimate of drug-likeness (QED) is 0.882. The Balaban J connectivity index is 2.41. The van der Waals surface area contributed by atoms with Crippen molar-refractivity contribution in [3.05, 3.63) is 29.3 Å². The number of rotatable bonds is 2. The van der Waals surface area contributed by atoms with Crippen molar-refractivity contribution >= 4 is 5.69 Å². The fraction of sp³-hybridized carbons (Fsp3) is 0.538. The van der Waals surface area contributed by atoms with Crippen molar-refractivity contribution in [3.8, 4) is 0 Å². The van der Waals surface area contributed by atoms with Gasteiger partial charge in [-0.15, -0.1) is 0 Å². The van der Waals surface area contributed by atoms with E-state index in [0.717, 1.165) is 11.6 Å². The maximum atomic E-state index is 12.7. The summed E-state index contributed by atoms with van der Waals surface area (Å²) in [6.07, 6.45) is -4.29. The van der Waals surface area contributed by atoms with E-state index in [9.17, 15) is 18.3 Å². The molecule has 2 nitrogen and oxygen atoms in total. The molecular formula is C13H16F3NO. The summed E-state index contributed by atoms with van der Waals surface area (Å²) in [4.78, 5) is 1.84. The van der Waals surface area contributed by atoms with Gasteiger partial charge < -0.3 is 10.0 Å². The molecular weight excluding hydrogens is 243 g/mol. The number of alkyl halides is 3. The molecule has 0 radical (unpaired) electrons. The zero-order valence-corrected chi connectivity index (χ0v) is 10.3. The number of hydrogen-bond acceptors (Lipinski definition) is 2. The third-order valence-electron chi connectivity index (χ3n) is 3.45. The van der Waals surface area contributed by atoms with E-state index in [1.807, 2.05) is 11.8 Å². The average Bonchev–Trinajstić information content (AvgIpc) is 2.65. The molecule has 0 saturated heterocycles. The summed E-state index contributed by atoms with van der Waals surface area (Å²) in [6.45, 7) is 4.14. The zero-order chi connectivity index (χ0) is 13.5. The summed E-state index contributed by atoms with van der Waals surface area (Å²) in [7, 11) is 0. The molecule has 2 unspecified atom stereocenters. The van der Waals surface area contributed by atoms with E-state index >= 15 is 0 Å². The lowest BCUT2D eigenvalue weighted by Gasteiger charge is -2.28. The number of benzene rings is 1. The number of halogens is 3. The van der Waals surface area contributed by atoms with Crippen LogP contribution in [0.15, 0.2) is 18.2 Å². The minimum atomic E-state index is -4.32. The number of aliphatic hydroxyl groups excluding tert-OH is 1. The highest BCUT2D eigenvalue weighted by Crippen LogP contribution is 2.38. The van der Waals surface area contributed by atoms with Crippen molar-refractivity contribution in [3.63, 3.8) is 0 Å². The largest absolute Gasteiger partial charge is 0.416 e. The molecule has 2 rings (SSSR count). The molecule has 1 aliphatic rings. The van der Waals surface area contributed by atoms with Crippen LogP contribution >= 0.6 is 0 Å². The third-order valence-corrected chi connectivity index (χ3v) is 3.45. The molecule has 1 aromatic carbocycles. The molecule has 100 valence electrons. The Hall–Kier alpha value is -1.23. The zero-order valence-electron chi connectivity index (χ0n) is 10.3. The minimum absolute atomic E-state index is 0.131. The van der Waals surface area contributed by atoms with Gasteiger partial charge in [0.1, 0.15) is 0 Å². The normalized spacial score (nSPS) is 21.0. The lowest BCUT2D eigenvalue weighted by Crippen LogP contribution is -2.39. The molecule has 0 aliphatic carbocycles. The van der Waals surface area contributed by atoms with Gasteiger partial charge in [-0.2, -0.15) is 13.2 Å². The second-order valence-electron chi connectivity index (χ2n) is 4.64. The molecule has 18 heavy (non-hydrogen) atoms. The van der Waals surface area contributed by atoms with Crippen LogP contribution in [-0.2, 0) is 12.6 Å². The Labute approximate surface area is 104 Å². The van der Waals surface area contributed by atoms with Crippen LogP contribution in [-0.4, -0.2) is 23.8 Å². The SMILES string of the molecule is CCN1c2cc(C(F)(F)F)ccc2CC1C(C)O. The smallest absolute Gasteiger partial charge is 0.391 e. The van der Waals surface area contributed by atoms with Gasteiger partial charge >= 0.3 is 6.18 Å². The van der Waals surface area contributed by atoms with Gasteiger partial charge in [-0.1, -0.05) is 6.07 Å². The first kappa shape index (κ1) is 13.2. The van der Waals surface area contributed by atoms with E-state index in [1.54, 1.807) is 6.92 Å². The van der Waals surface area contributed by atoms with E-state index in [0.29, 0.717) is 18.7 Å². The van der Waals surface area contributed by atoms with Gasteiger partial charge in [0.2, 0.25) is 0 Å².